The minimum absolute atomic E-state index is 0.121. The van der Waals surface area contributed by atoms with Gasteiger partial charge in [0.1, 0.15) is 22.5 Å². The largest absolute Gasteiger partial charge is 0.466 e. The van der Waals surface area contributed by atoms with Crippen LogP contribution in [0.4, 0.5) is 16.0 Å². The maximum Gasteiger partial charge on any atom is 0.311 e. The van der Waals surface area contributed by atoms with Crippen molar-refractivity contribution in [2.24, 2.45) is 5.41 Å². The number of aryl methyl sites for hydroxylation is 1. The Bertz CT molecular complexity index is 1220. The summed E-state index contributed by atoms with van der Waals surface area (Å²) in [4.78, 5) is 23.9. The summed E-state index contributed by atoms with van der Waals surface area (Å²) in [5.74, 6) is 0.998. The van der Waals surface area contributed by atoms with Crippen molar-refractivity contribution in [1.29, 1.82) is 0 Å². The molecule has 0 saturated carbocycles. The van der Waals surface area contributed by atoms with Crippen molar-refractivity contribution >= 4 is 41.2 Å². The topological polar surface area (TPSA) is 67.3 Å². The number of anilines is 2. The van der Waals surface area contributed by atoms with Gasteiger partial charge in [0, 0.05) is 30.6 Å². The monoisotopic (exact) mass is 514 g/mol. The predicted molar refractivity (Wildman–Crippen MR) is 139 cm³/mol. The van der Waals surface area contributed by atoms with E-state index < -0.39 is 5.41 Å². The molecule has 9 heteroatoms. The molecule has 1 N–H and O–H groups in total. The van der Waals surface area contributed by atoms with E-state index in [-0.39, 0.29) is 11.8 Å². The minimum atomic E-state index is -0.446. The lowest BCUT2D eigenvalue weighted by molar-refractivity contribution is -0.155. The number of benzene rings is 1. The van der Waals surface area contributed by atoms with E-state index in [4.69, 9.17) is 21.3 Å². The van der Waals surface area contributed by atoms with Gasteiger partial charge in [0.15, 0.2) is 0 Å². The molecule has 3 aromatic rings. The Morgan fingerprint density at radius 3 is 2.71 bits per heavy atom. The molecule has 6 nitrogen and oxygen atoms in total. The minimum Gasteiger partial charge on any atom is -0.466 e. The fraction of sp³-hybridized carbons (Fsp3) is 0.346. The lowest BCUT2D eigenvalue weighted by atomic mass is 9.80. The van der Waals surface area contributed by atoms with E-state index in [1.807, 2.05) is 39.0 Å². The molecule has 1 aromatic carbocycles. The van der Waals surface area contributed by atoms with Gasteiger partial charge in [-0.3, -0.25) is 4.79 Å². The van der Waals surface area contributed by atoms with Crippen LogP contribution < -0.4 is 9.62 Å². The highest BCUT2D eigenvalue weighted by Gasteiger charge is 2.38. The quantitative estimate of drug-likeness (QED) is 0.284. The van der Waals surface area contributed by atoms with Gasteiger partial charge in [0.05, 0.1) is 22.7 Å². The van der Waals surface area contributed by atoms with E-state index in [9.17, 15) is 9.18 Å². The highest BCUT2D eigenvalue weighted by atomic mass is 35.5. The van der Waals surface area contributed by atoms with E-state index in [1.54, 1.807) is 18.2 Å². The Morgan fingerprint density at radius 2 is 1.97 bits per heavy atom. The van der Waals surface area contributed by atoms with Gasteiger partial charge in [0.2, 0.25) is 0 Å². The number of carbonyl (C=O) groups is 1. The molecule has 0 amide bonds. The van der Waals surface area contributed by atoms with Crippen LogP contribution in [-0.2, 0) is 9.53 Å². The molecule has 0 spiro atoms. The summed E-state index contributed by atoms with van der Waals surface area (Å²) in [6.45, 7) is 7.58. The summed E-state index contributed by atoms with van der Waals surface area (Å²) in [7, 11) is 0. The third kappa shape index (κ3) is 5.87. The van der Waals surface area contributed by atoms with E-state index in [1.165, 1.54) is 24.1 Å². The highest BCUT2D eigenvalue weighted by Crippen LogP contribution is 2.35. The molecule has 0 atom stereocenters. The van der Waals surface area contributed by atoms with Gasteiger partial charge >= 0.3 is 5.97 Å². The van der Waals surface area contributed by atoms with Crippen LogP contribution in [0.25, 0.3) is 11.3 Å². The summed E-state index contributed by atoms with van der Waals surface area (Å²) in [6, 6.07) is 13.9. The van der Waals surface area contributed by atoms with Crippen molar-refractivity contribution in [2.75, 3.05) is 29.3 Å². The number of rotatable bonds is 7. The Labute approximate surface area is 214 Å². The molecule has 0 unspecified atom stereocenters. The Hall–Kier alpha value is -2.84. The van der Waals surface area contributed by atoms with Crippen molar-refractivity contribution in [1.82, 2.24) is 9.97 Å². The number of hydrogen-bond donors (Lipinski definition) is 1. The second-order valence-corrected chi connectivity index (χ2v) is 10.0. The molecule has 1 saturated heterocycles. The smallest absolute Gasteiger partial charge is 0.311 e. The zero-order chi connectivity index (χ0) is 25.0. The number of aromatic nitrogens is 2. The maximum atomic E-state index is 13.8. The Balaban J connectivity index is 1.43. The fourth-order valence-electron chi connectivity index (χ4n) is 4.02. The van der Waals surface area contributed by atoms with Gasteiger partial charge < -0.3 is 14.4 Å². The number of ether oxygens (including phenoxy) is 1. The van der Waals surface area contributed by atoms with Crippen molar-refractivity contribution in [3.8, 4) is 11.3 Å². The van der Waals surface area contributed by atoms with Gasteiger partial charge in [-0.25, -0.2) is 14.4 Å². The van der Waals surface area contributed by atoms with Crippen molar-refractivity contribution in [2.45, 2.75) is 38.6 Å². The zero-order valence-corrected chi connectivity index (χ0v) is 21.5. The van der Waals surface area contributed by atoms with Crippen LogP contribution in [0.5, 0.6) is 0 Å². The van der Waals surface area contributed by atoms with Gasteiger partial charge in [-0.2, -0.15) is 0 Å². The molecule has 0 aliphatic carbocycles. The SMILES string of the molecule is CCOC(=O)C1(C)CCN(c2cccc(SNc3ccc(Cl)c(-c4cc(F)ccc4C)n3)n2)CC1. The summed E-state index contributed by atoms with van der Waals surface area (Å²) in [6.07, 6.45) is 1.44. The predicted octanol–water partition coefficient (Wildman–Crippen LogP) is 6.53. The molecule has 3 heterocycles. The summed E-state index contributed by atoms with van der Waals surface area (Å²) in [5, 5.41) is 1.23. The van der Waals surface area contributed by atoms with Crippen LogP contribution in [0.3, 0.4) is 0 Å². The molecule has 1 aliphatic heterocycles. The summed E-state index contributed by atoms with van der Waals surface area (Å²) in [5.41, 5.74) is 1.62. The first kappa shape index (κ1) is 25.3. The van der Waals surface area contributed by atoms with Crippen LogP contribution in [0.2, 0.25) is 5.02 Å². The molecule has 1 aliphatic rings. The summed E-state index contributed by atoms with van der Waals surface area (Å²) < 4.78 is 22.3. The van der Waals surface area contributed by atoms with Gasteiger partial charge in [-0.05, 0) is 75.6 Å². The number of carbonyl (C=O) groups excluding carboxylic acids is 1. The number of esters is 1. The van der Waals surface area contributed by atoms with E-state index in [0.717, 1.165) is 42.3 Å². The number of hydrogen-bond acceptors (Lipinski definition) is 7. The van der Waals surface area contributed by atoms with Crippen LogP contribution in [0, 0.1) is 18.2 Å². The number of piperidine rings is 1. The average molecular weight is 515 g/mol. The third-order valence-corrected chi connectivity index (χ3v) is 7.28. The van der Waals surface area contributed by atoms with E-state index in [2.05, 4.69) is 14.6 Å². The van der Waals surface area contributed by atoms with E-state index in [0.29, 0.717) is 28.7 Å². The fourth-order valence-corrected chi connectivity index (χ4v) is 4.83. The first-order valence-electron chi connectivity index (χ1n) is 11.5. The Morgan fingerprint density at radius 1 is 1.20 bits per heavy atom. The molecule has 35 heavy (non-hydrogen) atoms. The summed E-state index contributed by atoms with van der Waals surface area (Å²) >= 11 is 7.71. The molecule has 2 aromatic heterocycles. The normalized spacial score (nSPS) is 15.1. The van der Waals surface area contributed by atoms with Crippen molar-refractivity contribution in [3.63, 3.8) is 0 Å². The number of halogens is 2. The maximum absolute atomic E-state index is 13.8. The zero-order valence-electron chi connectivity index (χ0n) is 20.0. The molecule has 0 radical (unpaired) electrons. The van der Waals surface area contributed by atoms with Gasteiger partial charge in [0.25, 0.3) is 0 Å². The van der Waals surface area contributed by atoms with Crippen molar-refractivity contribution < 1.29 is 13.9 Å². The average Bonchev–Trinajstić information content (AvgIpc) is 2.86. The Kier molecular flexibility index (Phi) is 7.82. The van der Waals surface area contributed by atoms with Crippen LogP contribution in [-0.4, -0.2) is 35.6 Å². The molecular weight excluding hydrogens is 487 g/mol. The second kappa shape index (κ2) is 10.8. The van der Waals surface area contributed by atoms with Gasteiger partial charge in [-0.15, -0.1) is 0 Å². The lowest BCUT2D eigenvalue weighted by Crippen LogP contribution is -2.43. The molecular formula is C26H28ClFN4O2S. The highest BCUT2D eigenvalue weighted by molar-refractivity contribution is 8.00. The number of pyridine rings is 2. The third-order valence-electron chi connectivity index (χ3n) is 6.23. The van der Waals surface area contributed by atoms with Crippen LogP contribution in [0.1, 0.15) is 32.3 Å². The standard InChI is InChI=1S/C26H28ClFN4O2S/c1-4-34-25(33)26(3)12-14-32(15-13-26)22-6-5-7-23(30-22)35-31-21-11-10-20(27)24(29-21)19-16-18(28)9-8-17(19)2/h5-11,16H,4,12-15H2,1-3H3,(H,29,31). The van der Waals surface area contributed by atoms with E-state index >= 15 is 0 Å². The second-order valence-electron chi connectivity index (χ2n) is 8.79. The first-order valence-corrected chi connectivity index (χ1v) is 12.7. The van der Waals surface area contributed by atoms with Crippen molar-refractivity contribution in [3.05, 3.63) is 64.9 Å². The number of nitrogens with one attached hydrogen (secondary N) is 1. The van der Waals surface area contributed by atoms with Gasteiger partial charge in [-0.1, -0.05) is 23.7 Å². The first-order chi connectivity index (χ1) is 16.8. The molecule has 4 rings (SSSR count). The molecule has 184 valence electrons. The number of nitrogens with zero attached hydrogens (tertiary/aromatic N) is 3. The molecule has 0 bridgehead atoms. The lowest BCUT2D eigenvalue weighted by Gasteiger charge is -2.38. The van der Waals surface area contributed by atoms with Crippen LogP contribution in [0.15, 0.2) is 53.6 Å². The molecule has 1 fully saturated rings. The van der Waals surface area contributed by atoms with Crippen LogP contribution >= 0.6 is 23.5 Å².